The number of fused-ring (bicyclic) bond motifs is 2. The highest BCUT2D eigenvalue weighted by Crippen LogP contribution is 2.47. The zero-order chi connectivity index (χ0) is 33.2. The van der Waals surface area contributed by atoms with Gasteiger partial charge in [-0.2, -0.15) is 5.48 Å². The van der Waals surface area contributed by atoms with Gasteiger partial charge >= 0.3 is 5.97 Å². The molecule has 240 valence electrons. The van der Waals surface area contributed by atoms with Crippen LogP contribution in [0, 0.1) is 16.2 Å². The normalized spacial score (nSPS) is 13.4. The third kappa shape index (κ3) is 7.39. The number of hydroxylamine groups is 1. The summed E-state index contributed by atoms with van der Waals surface area (Å²) in [6.45, 7) is 14.8. The van der Waals surface area contributed by atoms with Crippen LogP contribution in [0.1, 0.15) is 65.2 Å². The number of ether oxygens (including phenoxy) is 1. The highest BCUT2D eigenvalue weighted by molar-refractivity contribution is 6.09. The number of rotatable bonds is 9. The van der Waals surface area contributed by atoms with E-state index in [0.29, 0.717) is 29.1 Å². The number of benzene rings is 3. The molecule has 1 heterocycles. The molecule has 0 saturated carbocycles. The maximum Gasteiger partial charge on any atom is 0.312 e. The van der Waals surface area contributed by atoms with Gasteiger partial charge in [-0.15, -0.1) is 0 Å². The molecule has 4 rings (SSSR count). The van der Waals surface area contributed by atoms with E-state index in [1.165, 1.54) is 0 Å². The maximum absolute atomic E-state index is 13.7. The Balaban J connectivity index is 1.65. The highest BCUT2D eigenvalue weighted by atomic mass is 16.6. The fraction of sp³-hybridized carbons (Fsp3) is 0.432. The Morgan fingerprint density at radius 3 is 2.24 bits per heavy atom. The lowest BCUT2D eigenvalue weighted by molar-refractivity contribution is -0.164. The number of hydrogen-bond acceptors (Lipinski definition) is 6. The standard InChI is InChI=1S/C37H47N3O5/c1-35(2,3)23-37(7,36(4,5)6)34(42)43-20-19-39-33(41)27-14-12-11-13-26(27)32-28-17-15-24(40(9)10)21-30(28)44-31-22-25(45-38-8)16-18-29(31)32/h11-18,21-22,38H,19-20,23H2,1-10H3/p+1. The zero-order valence-electron chi connectivity index (χ0n) is 28.4. The van der Waals surface area contributed by atoms with Crippen LogP contribution in [-0.2, 0) is 9.53 Å². The van der Waals surface area contributed by atoms with Gasteiger partial charge in [0.05, 0.1) is 18.0 Å². The largest absolute Gasteiger partial charge is 0.463 e. The SMILES string of the molecule is CNOc1ccc2c(-c3ccccc3C(=O)NCCOC(=O)C(C)(CC(C)(C)C)C(C)(C)C)c3ccc(=[N+](C)C)cc-3oc2c1. The summed E-state index contributed by atoms with van der Waals surface area (Å²) in [4.78, 5) is 32.5. The van der Waals surface area contributed by atoms with Gasteiger partial charge in [0.25, 0.3) is 5.91 Å². The van der Waals surface area contributed by atoms with Crippen LogP contribution in [0.5, 0.6) is 5.75 Å². The number of carbonyl (C=O) groups excluding carboxylic acids is 2. The second-order valence-corrected chi connectivity index (χ2v) is 14.3. The average Bonchev–Trinajstić information content (AvgIpc) is 2.96. The summed E-state index contributed by atoms with van der Waals surface area (Å²) < 4.78 is 14.2. The number of nitrogens with zero attached hydrogens (tertiary/aromatic N) is 1. The van der Waals surface area contributed by atoms with Crippen LogP contribution in [0.25, 0.3) is 33.4 Å². The average molecular weight is 615 g/mol. The molecule has 2 aromatic carbocycles. The Morgan fingerprint density at radius 1 is 0.889 bits per heavy atom. The monoisotopic (exact) mass is 614 g/mol. The molecule has 0 aromatic heterocycles. The predicted molar refractivity (Wildman–Crippen MR) is 180 cm³/mol. The topological polar surface area (TPSA) is 92.8 Å². The number of esters is 1. The second-order valence-electron chi connectivity index (χ2n) is 14.3. The molecule has 8 nitrogen and oxygen atoms in total. The van der Waals surface area contributed by atoms with Crippen LogP contribution < -0.4 is 25.6 Å². The van der Waals surface area contributed by atoms with Crippen molar-refractivity contribution in [2.45, 2.75) is 54.9 Å². The Hall–Kier alpha value is -4.17. The van der Waals surface area contributed by atoms with Gasteiger partial charge in [-0.3, -0.25) is 9.59 Å². The van der Waals surface area contributed by atoms with E-state index in [4.69, 9.17) is 14.0 Å². The van der Waals surface area contributed by atoms with Gasteiger partial charge in [0.2, 0.25) is 5.36 Å². The molecule has 0 radical (unpaired) electrons. The number of nitrogens with one attached hydrogen (secondary N) is 2. The first-order valence-electron chi connectivity index (χ1n) is 15.4. The van der Waals surface area contributed by atoms with E-state index in [1.807, 2.05) is 86.3 Å². The molecule has 0 spiro atoms. The van der Waals surface area contributed by atoms with Crippen LogP contribution in [0.4, 0.5) is 0 Å². The lowest BCUT2D eigenvalue weighted by Gasteiger charge is -2.43. The quantitative estimate of drug-likeness (QED) is 0.0734. The molecule has 1 aliphatic heterocycles. The summed E-state index contributed by atoms with van der Waals surface area (Å²) in [6, 6.07) is 19.2. The molecular weight excluding hydrogens is 566 g/mol. The summed E-state index contributed by atoms with van der Waals surface area (Å²) in [5.41, 5.74) is 5.36. The molecule has 2 aromatic rings. The van der Waals surface area contributed by atoms with Gasteiger partial charge in [-0.1, -0.05) is 59.7 Å². The van der Waals surface area contributed by atoms with Gasteiger partial charge in [-0.25, -0.2) is 4.58 Å². The zero-order valence-corrected chi connectivity index (χ0v) is 28.4. The van der Waals surface area contributed by atoms with Gasteiger partial charge < -0.3 is 19.3 Å². The molecule has 1 unspecified atom stereocenters. The summed E-state index contributed by atoms with van der Waals surface area (Å²) in [5.74, 6) is 0.791. The van der Waals surface area contributed by atoms with Gasteiger partial charge in [-0.05, 0) is 54.0 Å². The minimum absolute atomic E-state index is 0.0481. The maximum atomic E-state index is 13.7. The van der Waals surface area contributed by atoms with Gasteiger partial charge in [0.1, 0.15) is 32.0 Å². The molecule has 2 aliphatic rings. The lowest BCUT2D eigenvalue weighted by atomic mass is 9.61. The Kier molecular flexibility index (Phi) is 9.78. The van der Waals surface area contributed by atoms with E-state index >= 15 is 0 Å². The molecule has 1 amide bonds. The molecule has 45 heavy (non-hydrogen) atoms. The van der Waals surface area contributed by atoms with Crippen molar-refractivity contribution in [3.05, 3.63) is 71.6 Å². The first-order chi connectivity index (χ1) is 21.1. The molecule has 0 bridgehead atoms. The predicted octanol–water partition coefficient (Wildman–Crippen LogP) is 6.51. The summed E-state index contributed by atoms with van der Waals surface area (Å²) >= 11 is 0. The fourth-order valence-electron chi connectivity index (χ4n) is 5.77. The van der Waals surface area contributed by atoms with Gasteiger partial charge in [0.15, 0.2) is 5.75 Å². The molecule has 0 saturated heterocycles. The summed E-state index contributed by atoms with van der Waals surface area (Å²) in [6.07, 6.45) is 0.686. The highest BCUT2D eigenvalue weighted by Gasteiger charge is 2.47. The Bertz CT molecular complexity index is 1740. The molecular formula is C37H48N3O5+. The van der Waals surface area contributed by atoms with E-state index in [0.717, 1.165) is 27.4 Å². The van der Waals surface area contributed by atoms with E-state index < -0.39 is 5.41 Å². The minimum atomic E-state index is -0.674. The van der Waals surface area contributed by atoms with Crippen molar-refractivity contribution in [2.24, 2.45) is 16.2 Å². The Morgan fingerprint density at radius 2 is 1.60 bits per heavy atom. The van der Waals surface area contributed by atoms with E-state index in [9.17, 15) is 9.59 Å². The smallest absolute Gasteiger partial charge is 0.312 e. The van der Waals surface area contributed by atoms with Crippen molar-refractivity contribution in [3.8, 4) is 28.2 Å². The first kappa shape index (κ1) is 33.7. The molecule has 0 fully saturated rings. The van der Waals surface area contributed by atoms with E-state index in [-0.39, 0.29) is 35.9 Å². The Labute approximate surface area is 266 Å². The van der Waals surface area contributed by atoms with Crippen LogP contribution in [0.3, 0.4) is 0 Å². The summed E-state index contributed by atoms with van der Waals surface area (Å²) in [5, 5.41) is 4.81. The number of amides is 1. The fourth-order valence-corrected chi connectivity index (χ4v) is 5.77. The van der Waals surface area contributed by atoms with Crippen LogP contribution >= 0.6 is 0 Å². The molecule has 1 atom stereocenters. The van der Waals surface area contributed by atoms with Crippen molar-refractivity contribution in [2.75, 3.05) is 34.3 Å². The minimum Gasteiger partial charge on any atom is -0.463 e. The summed E-state index contributed by atoms with van der Waals surface area (Å²) in [7, 11) is 5.65. The van der Waals surface area contributed by atoms with Crippen molar-refractivity contribution < 1.29 is 23.6 Å². The van der Waals surface area contributed by atoms with E-state index in [2.05, 4.69) is 52.3 Å². The third-order valence-corrected chi connectivity index (χ3v) is 8.46. The third-order valence-electron chi connectivity index (χ3n) is 8.46. The lowest BCUT2D eigenvalue weighted by Crippen LogP contribution is -2.45. The van der Waals surface area contributed by atoms with Crippen molar-refractivity contribution in [1.82, 2.24) is 15.4 Å². The number of hydrogen-bond donors (Lipinski definition) is 2. The van der Waals surface area contributed by atoms with Crippen molar-refractivity contribution in [3.63, 3.8) is 0 Å². The van der Waals surface area contributed by atoms with Crippen molar-refractivity contribution in [1.29, 1.82) is 0 Å². The van der Waals surface area contributed by atoms with Crippen LogP contribution in [0.15, 0.2) is 65.1 Å². The van der Waals surface area contributed by atoms with Crippen molar-refractivity contribution >= 4 is 22.8 Å². The number of carbonyl (C=O) groups is 2. The van der Waals surface area contributed by atoms with Crippen LogP contribution in [0.2, 0.25) is 0 Å². The van der Waals surface area contributed by atoms with E-state index in [1.54, 1.807) is 7.05 Å². The van der Waals surface area contributed by atoms with Crippen LogP contribution in [-0.4, -0.2) is 46.2 Å². The first-order valence-corrected chi connectivity index (χ1v) is 15.4. The molecule has 8 heteroatoms. The van der Waals surface area contributed by atoms with Gasteiger partial charge in [0, 0.05) is 41.3 Å². The second kappa shape index (κ2) is 13.1. The molecule has 2 N–H and O–H groups in total. The molecule has 1 aliphatic carbocycles.